The van der Waals surface area contributed by atoms with Crippen LogP contribution in [-0.4, -0.2) is 41.9 Å². The van der Waals surface area contributed by atoms with Crippen LogP contribution in [-0.2, 0) is 9.47 Å². The van der Waals surface area contributed by atoms with Gasteiger partial charge in [-0.25, -0.2) is 0 Å². The van der Waals surface area contributed by atoms with Crippen molar-refractivity contribution < 1.29 is 19.7 Å². The summed E-state index contributed by atoms with van der Waals surface area (Å²) in [6.45, 7) is 1.80. The summed E-state index contributed by atoms with van der Waals surface area (Å²) in [6.07, 6.45) is -1.75. The van der Waals surface area contributed by atoms with E-state index in [-0.39, 0.29) is 12.5 Å². The molecule has 0 saturated carbocycles. The highest BCUT2D eigenvalue weighted by Gasteiger charge is 2.36. The lowest BCUT2D eigenvalue weighted by molar-refractivity contribution is -0.132. The Morgan fingerprint density at radius 3 is 2.55 bits per heavy atom. The molecule has 0 aliphatic carbocycles. The molecular formula is C7H14O4. The molecule has 11 heavy (non-hydrogen) atoms. The minimum atomic E-state index is -0.840. The molecule has 1 aliphatic rings. The third kappa shape index (κ3) is 1.90. The second-order valence-corrected chi connectivity index (χ2v) is 2.80. The smallest absolute Gasteiger partial charge is 0.157 e. The van der Waals surface area contributed by atoms with Crippen LogP contribution in [0.3, 0.4) is 0 Å². The van der Waals surface area contributed by atoms with E-state index >= 15 is 0 Å². The molecule has 4 nitrogen and oxygen atoms in total. The minimum Gasteiger partial charge on any atom is -0.390 e. The molecular weight excluding hydrogens is 148 g/mol. The van der Waals surface area contributed by atoms with E-state index in [1.54, 1.807) is 14.0 Å². The first-order chi connectivity index (χ1) is 5.15. The maximum atomic E-state index is 9.30. The minimum absolute atomic E-state index is 0.179. The highest BCUT2D eigenvalue weighted by Crippen LogP contribution is 2.22. The molecule has 1 heterocycles. The Bertz CT molecular complexity index is 124. The Kier molecular flexibility index (Phi) is 2.84. The van der Waals surface area contributed by atoms with Gasteiger partial charge < -0.3 is 19.7 Å². The average Bonchev–Trinajstić information content (AvgIpc) is 2.28. The van der Waals surface area contributed by atoms with E-state index in [1.807, 2.05) is 0 Å². The molecule has 0 aromatic rings. The van der Waals surface area contributed by atoms with Gasteiger partial charge in [-0.15, -0.1) is 0 Å². The molecule has 4 atom stereocenters. The summed E-state index contributed by atoms with van der Waals surface area (Å²) in [5.74, 6) is 0. The fraction of sp³-hybridized carbons (Fsp3) is 1.00. The van der Waals surface area contributed by atoms with E-state index in [1.165, 1.54) is 0 Å². The van der Waals surface area contributed by atoms with Gasteiger partial charge in [-0.1, -0.05) is 0 Å². The maximum Gasteiger partial charge on any atom is 0.157 e. The van der Waals surface area contributed by atoms with Crippen molar-refractivity contribution in [2.24, 2.45) is 0 Å². The molecule has 1 rings (SSSR count). The van der Waals surface area contributed by atoms with Gasteiger partial charge in [0.1, 0.15) is 6.10 Å². The number of hydrogen-bond acceptors (Lipinski definition) is 4. The van der Waals surface area contributed by atoms with Crippen molar-refractivity contribution in [1.29, 1.82) is 0 Å². The second kappa shape index (κ2) is 3.49. The van der Waals surface area contributed by atoms with Crippen LogP contribution in [0.5, 0.6) is 0 Å². The molecule has 0 unspecified atom stereocenters. The molecule has 0 aromatic heterocycles. The van der Waals surface area contributed by atoms with Crippen LogP contribution in [0.25, 0.3) is 0 Å². The van der Waals surface area contributed by atoms with Gasteiger partial charge in [-0.2, -0.15) is 0 Å². The van der Waals surface area contributed by atoms with Crippen molar-refractivity contribution in [3.8, 4) is 0 Å². The summed E-state index contributed by atoms with van der Waals surface area (Å²) < 4.78 is 9.96. The standard InChI is InChI=1S/C7H14O4/c1-4(10-2)7-5(8)3-6(9)11-7/h4-9H,3H2,1-2H3/t4-,5+,6-,7+/m1/s1. The summed E-state index contributed by atoms with van der Waals surface area (Å²) in [6, 6.07) is 0. The quantitative estimate of drug-likeness (QED) is 0.574. The Morgan fingerprint density at radius 1 is 1.55 bits per heavy atom. The summed E-state index contributed by atoms with van der Waals surface area (Å²) in [5, 5.41) is 18.3. The Hall–Kier alpha value is -0.160. The summed E-state index contributed by atoms with van der Waals surface area (Å²) in [7, 11) is 1.55. The molecule has 0 spiro atoms. The molecule has 4 heteroatoms. The zero-order valence-electron chi connectivity index (χ0n) is 6.73. The van der Waals surface area contributed by atoms with E-state index in [4.69, 9.17) is 14.6 Å². The summed E-state index contributed by atoms with van der Waals surface area (Å²) in [4.78, 5) is 0. The predicted molar refractivity (Wildman–Crippen MR) is 38.0 cm³/mol. The van der Waals surface area contributed by atoms with E-state index in [0.29, 0.717) is 0 Å². The van der Waals surface area contributed by atoms with Gasteiger partial charge in [0.25, 0.3) is 0 Å². The monoisotopic (exact) mass is 162 g/mol. The summed E-state index contributed by atoms with van der Waals surface area (Å²) in [5.41, 5.74) is 0. The SMILES string of the molecule is CO[C@H](C)[C@@H]1O[C@@H](O)C[C@@H]1O. The average molecular weight is 162 g/mol. The van der Waals surface area contributed by atoms with Gasteiger partial charge in [-0.3, -0.25) is 0 Å². The van der Waals surface area contributed by atoms with Crippen molar-refractivity contribution in [2.45, 2.75) is 37.9 Å². The van der Waals surface area contributed by atoms with Crippen molar-refractivity contribution in [2.75, 3.05) is 7.11 Å². The number of rotatable bonds is 2. The summed E-state index contributed by atoms with van der Waals surface area (Å²) >= 11 is 0. The molecule has 0 radical (unpaired) electrons. The Morgan fingerprint density at radius 2 is 2.18 bits per heavy atom. The van der Waals surface area contributed by atoms with Crippen LogP contribution in [0.1, 0.15) is 13.3 Å². The third-order valence-electron chi connectivity index (χ3n) is 1.97. The molecule has 0 amide bonds. The predicted octanol–water partition coefficient (Wildman–Crippen LogP) is -0.510. The number of ether oxygens (including phenoxy) is 2. The molecule has 1 saturated heterocycles. The molecule has 0 aromatic carbocycles. The first-order valence-corrected chi connectivity index (χ1v) is 3.69. The Labute approximate surface area is 65.7 Å². The van der Waals surface area contributed by atoms with Gasteiger partial charge in [0.15, 0.2) is 6.29 Å². The molecule has 1 fully saturated rings. The first kappa shape index (κ1) is 8.93. The molecule has 1 aliphatic heterocycles. The van der Waals surface area contributed by atoms with E-state index < -0.39 is 18.5 Å². The van der Waals surface area contributed by atoms with Crippen molar-refractivity contribution in [1.82, 2.24) is 0 Å². The van der Waals surface area contributed by atoms with Crippen molar-refractivity contribution in [3.63, 3.8) is 0 Å². The lowest BCUT2D eigenvalue weighted by Gasteiger charge is -2.19. The van der Waals surface area contributed by atoms with Crippen LogP contribution < -0.4 is 0 Å². The fourth-order valence-corrected chi connectivity index (χ4v) is 1.23. The van der Waals surface area contributed by atoms with E-state index in [9.17, 15) is 5.11 Å². The Balaban J connectivity index is 2.45. The number of aliphatic hydroxyl groups excluding tert-OH is 2. The topological polar surface area (TPSA) is 58.9 Å². The zero-order chi connectivity index (χ0) is 8.43. The van der Waals surface area contributed by atoms with Gasteiger partial charge in [0.2, 0.25) is 0 Å². The molecule has 2 N–H and O–H groups in total. The highest BCUT2D eigenvalue weighted by molar-refractivity contribution is 4.81. The lowest BCUT2D eigenvalue weighted by atomic mass is 10.1. The van der Waals surface area contributed by atoms with Crippen LogP contribution in [0.2, 0.25) is 0 Å². The van der Waals surface area contributed by atoms with Gasteiger partial charge >= 0.3 is 0 Å². The van der Waals surface area contributed by atoms with Crippen molar-refractivity contribution >= 4 is 0 Å². The fourth-order valence-electron chi connectivity index (χ4n) is 1.23. The molecule has 66 valence electrons. The van der Waals surface area contributed by atoms with Gasteiger partial charge in [-0.05, 0) is 6.92 Å². The van der Waals surface area contributed by atoms with Crippen LogP contribution in [0.15, 0.2) is 0 Å². The number of hydrogen-bond donors (Lipinski definition) is 2. The maximum absolute atomic E-state index is 9.30. The number of aliphatic hydroxyl groups is 2. The number of methoxy groups -OCH3 is 1. The van der Waals surface area contributed by atoms with Crippen LogP contribution in [0, 0.1) is 0 Å². The van der Waals surface area contributed by atoms with Crippen LogP contribution in [0.4, 0.5) is 0 Å². The van der Waals surface area contributed by atoms with E-state index in [0.717, 1.165) is 0 Å². The first-order valence-electron chi connectivity index (χ1n) is 3.69. The third-order valence-corrected chi connectivity index (χ3v) is 1.97. The van der Waals surface area contributed by atoms with Gasteiger partial charge in [0.05, 0.1) is 12.2 Å². The van der Waals surface area contributed by atoms with Crippen molar-refractivity contribution in [3.05, 3.63) is 0 Å². The highest BCUT2D eigenvalue weighted by atomic mass is 16.6. The van der Waals surface area contributed by atoms with Gasteiger partial charge in [0, 0.05) is 13.5 Å². The van der Waals surface area contributed by atoms with Crippen LogP contribution >= 0.6 is 0 Å². The second-order valence-electron chi connectivity index (χ2n) is 2.80. The zero-order valence-corrected chi connectivity index (χ0v) is 6.73. The largest absolute Gasteiger partial charge is 0.390 e. The van der Waals surface area contributed by atoms with E-state index in [2.05, 4.69) is 0 Å². The normalized spacial score (nSPS) is 40.9. The molecule has 0 bridgehead atoms. The lowest BCUT2D eigenvalue weighted by Crippen LogP contribution is -2.33.